The second-order valence-electron chi connectivity index (χ2n) is 10.1. The van der Waals surface area contributed by atoms with Crippen molar-refractivity contribution in [3.63, 3.8) is 0 Å². The zero-order valence-electron chi connectivity index (χ0n) is 20.3. The standard InChI is InChI=1S/C32H19B2NOS2/c1-3-12-26-20(8-1)21-9-5-11-23-32(21)35(26)27-18-25-29(19-24(27)34(23)31-15-7-17-38-31)36-28-13-4-2-10-22(28)33(25)30-14-6-16-37-30/h1-19H. The maximum absolute atomic E-state index is 6.67. The van der Waals surface area contributed by atoms with Gasteiger partial charge in [-0.15, -0.1) is 0 Å². The molecule has 9 rings (SSSR count). The molecule has 38 heavy (non-hydrogen) atoms. The monoisotopic (exact) mass is 519 g/mol. The molecule has 0 unspecified atom stereocenters. The highest BCUT2D eigenvalue weighted by molar-refractivity contribution is 7.27. The number of nitrogens with zero attached hydrogens (tertiary/aromatic N) is 1. The molecule has 176 valence electrons. The van der Waals surface area contributed by atoms with Gasteiger partial charge in [0.1, 0.15) is 11.5 Å². The van der Waals surface area contributed by atoms with Crippen LogP contribution in [-0.4, -0.2) is 18.0 Å². The van der Waals surface area contributed by atoms with E-state index >= 15 is 0 Å². The molecule has 2 nitrogen and oxygen atoms in total. The van der Waals surface area contributed by atoms with Crippen molar-refractivity contribution in [2.75, 3.05) is 0 Å². The van der Waals surface area contributed by atoms with Crippen molar-refractivity contribution in [3.05, 3.63) is 114 Å². The lowest BCUT2D eigenvalue weighted by molar-refractivity contribution is 0.488. The smallest absolute Gasteiger partial charge is 0.263 e. The number of ether oxygens (including phenoxy) is 1. The zero-order chi connectivity index (χ0) is 24.8. The first-order valence-corrected chi connectivity index (χ1v) is 14.7. The summed E-state index contributed by atoms with van der Waals surface area (Å²) in [5, 5.41) is 6.99. The number of hydrogen-bond donors (Lipinski definition) is 0. The van der Waals surface area contributed by atoms with E-state index in [0.717, 1.165) is 11.5 Å². The Hall–Kier alpha value is -3.99. The molecule has 7 aromatic rings. The van der Waals surface area contributed by atoms with Gasteiger partial charge in [-0.05, 0) is 66.4 Å². The number of thiophene rings is 2. The van der Waals surface area contributed by atoms with Crippen LogP contribution in [0.5, 0.6) is 11.5 Å². The minimum Gasteiger partial charge on any atom is -0.458 e. The maximum atomic E-state index is 6.67. The van der Waals surface area contributed by atoms with E-state index in [4.69, 9.17) is 4.74 Å². The van der Waals surface area contributed by atoms with Crippen molar-refractivity contribution < 1.29 is 4.74 Å². The van der Waals surface area contributed by atoms with Gasteiger partial charge in [-0.1, -0.05) is 78.9 Å². The van der Waals surface area contributed by atoms with Crippen LogP contribution in [0.4, 0.5) is 0 Å². The van der Waals surface area contributed by atoms with Gasteiger partial charge in [0, 0.05) is 22.0 Å². The van der Waals surface area contributed by atoms with Gasteiger partial charge in [0.15, 0.2) is 0 Å². The molecule has 2 aliphatic heterocycles. The Morgan fingerprint density at radius 1 is 0.553 bits per heavy atom. The van der Waals surface area contributed by atoms with Gasteiger partial charge in [0.25, 0.3) is 13.4 Å². The number of rotatable bonds is 2. The third-order valence-electron chi connectivity index (χ3n) is 8.16. The number of benzene rings is 4. The van der Waals surface area contributed by atoms with Crippen LogP contribution in [0.15, 0.2) is 114 Å². The minimum atomic E-state index is 0.148. The van der Waals surface area contributed by atoms with Crippen molar-refractivity contribution in [2.45, 2.75) is 0 Å². The second kappa shape index (κ2) is 7.76. The van der Waals surface area contributed by atoms with Crippen LogP contribution in [0.25, 0.3) is 27.5 Å². The van der Waals surface area contributed by atoms with E-state index in [1.807, 2.05) is 22.7 Å². The summed E-state index contributed by atoms with van der Waals surface area (Å²) in [6, 6.07) is 37.8. The van der Waals surface area contributed by atoms with Gasteiger partial charge in [0.2, 0.25) is 0 Å². The molecule has 3 aromatic heterocycles. The lowest BCUT2D eigenvalue weighted by atomic mass is 9.36. The fourth-order valence-corrected chi connectivity index (χ4v) is 8.38. The number of aromatic nitrogens is 1. The summed E-state index contributed by atoms with van der Waals surface area (Å²) >= 11 is 3.65. The Bertz CT molecular complexity index is 2020. The Morgan fingerprint density at radius 2 is 1.26 bits per heavy atom. The Kier molecular flexibility index (Phi) is 4.29. The van der Waals surface area contributed by atoms with Gasteiger partial charge in [0.05, 0.1) is 5.52 Å². The molecule has 0 saturated carbocycles. The summed E-state index contributed by atoms with van der Waals surface area (Å²) in [7, 11) is 0. The highest BCUT2D eigenvalue weighted by Gasteiger charge is 2.39. The van der Waals surface area contributed by atoms with Gasteiger partial charge in [-0.25, -0.2) is 0 Å². The van der Waals surface area contributed by atoms with E-state index in [0.29, 0.717) is 0 Å². The molecule has 5 heterocycles. The number of fused-ring (bicyclic) bond motifs is 7. The summed E-state index contributed by atoms with van der Waals surface area (Å²) in [5.41, 5.74) is 8.97. The highest BCUT2D eigenvalue weighted by Crippen LogP contribution is 2.34. The van der Waals surface area contributed by atoms with Crippen LogP contribution in [0, 0.1) is 0 Å². The third-order valence-corrected chi connectivity index (χ3v) is 10.0. The minimum absolute atomic E-state index is 0.148. The average Bonchev–Trinajstić information content (AvgIpc) is 3.73. The normalized spacial score (nSPS) is 13.4. The molecule has 0 amide bonds. The molecule has 0 bridgehead atoms. The van der Waals surface area contributed by atoms with Crippen LogP contribution in [-0.2, 0) is 0 Å². The molecular formula is C32H19B2NOS2. The summed E-state index contributed by atoms with van der Waals surface area (Å²) < 4.78 is 11.9. The summed E-state index contributed by atoms with van der Waals surface area (Å²) in [5.74, 6) is 1.92. The second-order valence-corrected chi connectivity index (χ2v) is 12.0. The molecule has 0 aliphatic carbocycles. The van der Waals surface area contributed by atoms with E-state index in [9.17, 15) is 0 Å². The summed E-state index contributed by atoms with van der Waals surface area (Å²) in [6.07, 6.45) is 0. The Morgan fingerprint density at radius 3 is 2.08 bits per heavy atom. The fraction of sp³-hybridized carbons (Fsp3) is 0. The van der Waals surface area contributed by atoms with Gasteiger partial charge < -0.3 is 9.30 Å². The van der Waals surface area contributed by atoms with Crippen molar-refractivity contribution in [2.24, 2.45) is 0 Å². The van der Waals surface area contributed by atoms with Crippen molar-refractivity contribution in [3.8, 4) is 17.2 Å². The predicted octanol–water partition coefficient (Wildman–Crippen LogP) is 4.36. The van der Waals surface area contributed by atoms with E-state index in [1.54, 1.807) is 0 Å². The van der Waals surface area contributed by atoms with Crippen LogP contribution >= 0.6 is 22.7 Å². The van der Waals surface area contributed by atoms with Gasteiger partial charge in [-0.3, -0.25) is 0 Å². The molecule has 2 aliphatic rings. The van der Waals surface area contributed by atoms with Crippen molar-refractivity contribution in [1.29, 1.82) is 0 Å². The van der Waals surface area contributed by atoms with E-state index in [-0.39, 0.29) is 13.4 Å². The number of hydrogen-bond acceptors (Lipinski definition) is 3. The van der Waals surface area contributed by atoms with Gasteiger partial charge in [-0.2, -0.15) is 22.7 Å². The highest BCUT2D eigenvalue weighted by atomic mass is 32.1. The Labute approximate surface area is 228 Å². The predicted molar refractivity (Wildman–Crippen MR) is 165 cm³/mol. The van der Waals surface area contributed by atoms with Crippen LogP contribution < -0.4 is 36.1 Å². The molecule has 0 spiro atoms. The quantitative estimate of drug-likeness (QED) is 0.310. The van der Waals surface area contributed by atoms with Crippen molar-refractivity contribution in [1.82, 2.24) is 4.57 Å². The van der Waals surface area contributed by atoms with Crippen LogP contribution in [0.1, 0.15) is 0 Å². The molecule has 0 saturated heterocycles. The fourth-order valence-electron chi connectivity index (χ4n) is 6.66. The van der Waals surface area contributed by atoms with Gasteiger partial charge >= 0.3 is 0 Å². The Balaban J connectivity index is 1.42. The zero-order valence-corrected chi connectivity index (χ0v) is 21.9. The lowest BCUT2D eigenvalue weighted by Gasteiger charge is -2.31. The molecule has 0 atom stereocenters. The first-order valence-electron chi connectivity index (χ1n) is 12.9. The van der Waals surface area contributed by atoms with Crippen molar-refractivity contribution >= 4 is 89.3 Å². The largest absolute Gasteiger partial charge is 0.458 e. The average molecular weight is 519 g/mol. The third kappa shape index (κ3) is 2.74. The number of para-hydroxylation sites is 3. The molecule has 0 fully saturated rings. The molecular weight excluding hydrogens is 500 g/mol. The SMILES string of the molecule is c1csc(B2c3ccccc3Oc3cc4c(cc32)-n2c3ccccc3c3cccc(c32)B4c2cccs2)c1. The lowest BCUT2D eigenvalue weighted by Crippen LogP contribution is -2.58. The topological polar surface area (TPSA) is 14.2 Å². The summed E-state index contributed by atoms with van der Waals surface area (Å²) in [6.45, 7) is 0.312. The summed E-state index contributed by atoms with van der Waals surface area (Å²) in [4.78, 5) is 0. The molecule has 4 aromatic carbocycles. The van der Waals surface area contributed by atoms with E-state index in [1.165, 1.54) is 58.9 Å². The van der Waals surface area contributed by atoms with E-state index in [2.05, 4.69) is 118 Å². The van der Waals surface area contributed by atoms with Crippen LogP contribution in [0.3, 0.4) is 0 Å². The van der Waals surface area contributed by atoms with E-state index < -0.39 is 0 Å². The first kappa shape index (κ1) is 21.0. The molecule has 0 N–H and O–H groups in total. The maximum Gasteiger partial charge on any atom is 0.263 e. The molecule has 6 heteroatoms. The van der Waals surface area contributed by atoms with Crippen LogP contribution in [0.2, 0.25) is 0 Å². The first-order chi connectivity index (χ1) is 18.9. The molecule has 0 radical (unpaired) electrons.